The summed E-state index contributed by atoms with van der Waals surface area (Å²) < 4.78 is 0. The van der Waals surface area contributed by atoms with Crippen molar-refractivity contribution in [1.29, 1.82) is 0 Å². The number of anilines is 3. The topological polar surface area (TPSA) is 40.5 Å². The number of para-hydroxylation sites is 2. The zero-order valence-corrected chi connectivity index (χ0v) is 33.9. The van der Waals surface area contributed by atoms with E-state index in [1.54, 1.807) is 0 Å². The first-order chi connectivity index (χ1) is 30.7. The molecule has 1 N–H and O–H groups in total. The molecule has 0 bridgehead atoms. The Morgan fingerprint density at radius 2 is 1.02 bits per heavy atom. The molecule has 292 valence electrons. The number of hydrogen-bond donors (Lipinski definition) is 1. The highest BCUT2D eigenvalue weighted by Gasteiger charge is 2.52. The summed E-state index contributed by atoms with van der Waals surface area (Å²) in [5.74, 6) is 0.868. The molecule has 1 spiro atoms. The van der Waals surface area contributed by atoms with E-state index in [9.17, 15) is 0 Å². The second kappa shape index (κ2) is 14.6. The van der Waals surface area contributed by atoms with Gasteiger partial charge in [-0.3, -0.25) is 9.98 Å². The fraction of sp³-hybridized carbons (Fsp3) is 0.0345. The molecule has 1 aliphatic carbocycles. The SMILES string of the molecule is C1=C(c2cccc(-c3cccc(-c4ccc5c(c4)C4(c6ccccc6-5)c5ccccc5N(c5ccccc5)c5ccncc54)c3)c2)NC(c2ccccc2)=NC1c1ccccc1. The lowest BCUT2D eigenvalue weighted by atomic mass is 9.65. The number of nitrogens with zero attached hydrogens (tertiary/aromatic N) is 3. The van der Waals surface area contributed by atoms with Crippen LogP contribution in [0.2, 0.25) is 0 Å². The summed E-state index contributed by atoms with van der Waals surface area (Å²) in [6.07, 6.45) is 6.26. The van der Waals surface area contributed by atoms with E-state index >= 15 is 0 Å². The summed E-state index contributed by atoms with van der Waals surface area (Å²) in [6.45, 7) is 0. The first-order valence-corrected chi connectivity index (χ1v) is 21.3. The fourth-order valence-corrected chi connectivity index (χ4v) is 10.0. The van der Waals surface area contributed by atoms with Crippen LogP contribution in [-0.4, -0.2) is 10.8 Å². The van der Waals surface area contributed by atoms with Gasteiger partial charge in [0.05, 0.1) is 22.8 Å². The lowest BCUT2D eigenvalue weighted by Crippen LogP contribution is -2.36. The third kappa shape index (κ3) is 5.68. The molecule has 0 fully saturated rings. The standard InChI is InChI=1S/C58H40N4/c1-4-16-39(17-5-1)53-37-54(61-57(60-53)40-18-6-2-7-19-40)45-23-15-22-43(35-45)41-20-14-21-42(34-41)44-30-31-48-47-26-10-11-27-49(47)58(51(48)36-44)50-28-12-13-29-55(50)62(46-24-8-3-9-25-46)56-32-33-59-38-52(56)58/h1-38,53H,(H,60,61). The Labute approximate surface area is 361 Å². The minimum absolute atomic E-state index is 0.107. The number of fused-ring (bicyclic) bond motifs is 9. The van der Waals surface area contributed by atoms with Crippen LogP contribution in [0, 0.1) is 0 Å². The maximum Gasteiger partial charge on any atom is 0.133 e. The highest BCUT2D eigenvalue weighted by atomic mass is 15.2. The number of amidine groups is 1. The van der Waals surface area contributed by atoms with Gasteiger partial charge in [0.2, 0.25) is 0 Å². The van der Waals surface area contributed by atoms with E-state index in [1.165, 1.54) is 50.2 Å². The Hall–Kier alpha value is -8.08. The third-order valence-corrected chi connectivity index (χ3v) is 12.8. The van der Waals surface area contributed by atoms with E-state index in [1.807, 2.05) is 12.3 Å². The average molecular weight is 793 g/mol. The number of rotatable bonds is 6. The van der Waals surface area contributed by atoms with E-state index in [4.69, 9.17) is 9.98 Å². The van der Waals surface area contributed by atoms with Crippen LogP contribution in [0.3, 0.4) is 0 Å². The quantitative estimate of drug-likeness (QED) is 0.182. The molecule has 4 nitrogen and oxygen atoms in total. The van der Waals surface area contributed by atoms with Crippen molar-refractivity contribution in [1.82, 2.24) is 10.3 Å². The van der Waals surface area contributed by atoms with Gasteiger partial charge in [0, 0.05) is 34.9 Å². The van der Waals surface area contributed by atoms with Crippen LogP contribution >= 0.6 is 0 Å². The largest absolute Gasteiger partial charge is 0.340 e. The molecule has 3 aliphatic rings. The van der Waals surface area contributed by atoms with Crippen molar-refractivity contribution in [2.24, 2.45) is 4.99 Å². The van der Waals surface area contributed by atoms with Gasteiger partial charge in [-0.05, 0) is 110 Å². The average Bonchev–Trinajstić information content (AvgIpc) is 3.65. The molecule has 9 aromatic rings. The maximum atomic E-state index is 5.16. The Morgan fingerprint density at radius 3 is 1.79 bits per heavy atom. The molecule has 62 heavy (non-hydrogen) atoms. The first-order valence-electron chi connectivity index (χ1n) is 21.3. The van der Waals surface area contributed by atoms with Gasteiger partial charge < -0.3 is 10.2 Å². The van der Waals surface area contributed by atoms with Gasteiger partial charge in [0.1, 0.15) is 5.84 Å². The molecule has 0 saturated heterocycles. The van der Waals surface area contributed by atoms with E-state index in [2.05, 4.69) is 229 Å². The van der Waals surface area contributed by atoms with E-state index in [0.29, 0.717) is 0 Å². The lowest BCUT2D eigenvalue weighted by molar-refractivity contribution is 0.747. The van der Waals surface area contributed by atoms with E-state index < -0.39 is 5.41 Å². The molecular weight excluding hydrogens is 753 g/mol. The molecule has 2 unspecified atom stereocenters. The molecule has 3 heterocycles. The van der Waals surface area contributed by atoms with E-state index in [0.717, 1.165) is 50.7 Å². The minimum Gasteiger partial charge on any atom is -0.340 e. The Morgan fingerprint density at radius 1 is 0.435 bits per heavy atom. The summed E-state index contributed by atoms with van der Waals surface area (Å²) in [7, 11) is 0. The monoisotopic (exact) mass is 792 g/mol. The normalized spacial score (nSPS) is 16.9. The summed E-state index contributed by atoms with van der Waals surface area (Å²) in [6, 6.07) is 76.5. The first kappa shape index (κ1) is 35.8. The zero-order valence-electron chi connectivity index (χ0n) is 33.9. The predicted octanol–water partition coefficient (Wildman–Crippen LogP) is 13.7. The number of nitrogens with one attached hydrogen (secondary N) is 1. The minimum atomic E-state index is -0.570. The van der Waals surface area contributed by atoms with Gasteiger partial charge >= 0.3 is 0 Å². The van der Waals surface area contributed by atoms with Crippen molar-refractivity contribution in [3.8, 4) is 33.4 Å². The van der Waals surface area contributed by atoms with Crippen LogP contribution in [-0.2, 0) is 5.41 Å². The highest BCUT2D eigenvalue weighted by Crippen LogP contribution is 2.63. The molecule has 0 amide bonds. The molecule has 2 atom stereocenters. The number of pyridine rings is 1. The van der Waals surface area contributed by atoms with Crippen LogP contribution in [0.15, 0.2) is 236 Å². The van der Waals surface area contributed by atoms with Crippen molar-refractivity contribution < 1.29 is 0 Å². The van der Waals surface area contributed by atoms with Crippen LogP contribution < -0.4 is 10.2 Å². The van der Waals surface area contributed by atoms with E-state index in [-0.39, 0.29) is 6.04 Å². The van der Waals surface area contributed by atoms with Gasteiger partial charge in [0.15, 0.2) is 0 Å². The number of aliphatic imine (C=N–C) groups is 1. The van der Waals surface area contributed by atoms with Crippen molar-refractivity contribution >= 4 is 28.6 Å². The number of aromatic nitrogens is 1. The Bertz CT molecular complexity index is 3180. The van der Waals surface area contributed by atoms with Gasteiger partial charge in [-0.25, -0.2) is 0 Å². The molecule has 0 radical (unpaired) electrons. The van der Waals surface area contributed by atoms with Crippen molar-refractivity contribution in [3.05, 3.63) is 270 Å². The Kier molecular flexibility index (Phi) is 8.42. The zero-order chi connectivity index (χ0) is 41.0. The molecule has 1 aromatic heterocycles. The predicted molar refractivity (Wildman–Crippen MR) is 254 cm³/mol. The van der Waals surface area contributed by atoms with Crippen LogP contribution in [0.5, 0.6) is 0 Å². The smallest absolute Gasteiger partial charge is 0.133 e. The summed E-state index contributed by atoms with van der Waals surface area (Å²) in [5, 5.41) is 3.69. The van der Waals surface area contributed by atoms with Crippen molar-refractivity contribution in [2.75, 3.05) is 4.90 Å². The molecule has 4 heteroatoms. The van der Waals surface area contributed by atoms with Crippen molar-refractivity contribution in [2.45, 2.75) is 11.5 Å². The van der Waals surface area contributed by atoms with Gasteiger partial charge in [-0.1, -0.05) is 170 Å². The Balaban J connectivity index is 0.967. The summed E-state index contributed by atoms with van der Waals surface area (Å²) in [5.41, 5.74) is 19.4. The van der Waals surface area contributed by atoms with Crippen LogP contribution in [0.4, 0.5) is 17.1 Å². The second-order valence-corrected chi connectivity index (χ2v) is 16.2. The van der Waals surface area contributed by atoms with Gasteiger partial charge in [-0.15, -0.1) is 0 Å². The van der Waals surface area contributed by atoms with Gasteiger partial charge in [0.25, 0.3) is 0 Å². The van der Waals surface area contributed by atoms with Crippen LogP contribution in [0.25, 0.3) is 39.1 Å². The molecule has 2 aliphatic heterocycles. The summed E-state index contributed by atoms with van der Waals surface area (Å²) in [4.78, 5) is 12.4. The molecular formula is C58H40N4. The maximum absolute atomic E-state index is 5.16. The summed E-state index contributed by atoms with van der Waals surface area (Å²) >= 11 is 0. The number of benzene rings is 8. The highest BCUT2D eigenvalue weighted by molar-refractivity contribution is 6.05. The van der Waals surface area contributed by atoms with Crippen LogP contribution in [0.1, 0.15) is 45.0 Å². The van der Waals surface area contributed by atoms with Gasteiger partial charge in [-0.2, -0.15) is 0 Å². The second-order valence-electron chi connectivity index (χ2n) is 16.2. The fourth-order valence-electron chi connectivity index (χ4n) is 10.0. The van der Waals surface area contributed by atoms with Crippen molar-refractivity contribution in [3.63, 3.8) is 0 Å². The number of hydrogen-bond acceptors (Lipinski definition) is 4. The molecule has 8 aromatic carbocycles. The third-order valence-electron chi connectivity index (χ3n) is 12.8. The lowest BCUT2D eigenvalue weighted by Gasteiger charge is -2.44. The molecule has 12 rings (SSSR count). The molecule has 0 saturated carbocycles.